The molecule has 14 heavy (non-hydrogen) atoms. The highest BCUT2D eigenvalue weighted by molar-refractivity contribution is 5.25. The van der Waals surface area contributed by atoms with Gasteiger partial charge in [-0.25, -0.2) is 15.0 Å². The van der Waals surface area contributed by atoms with Crippen LogP contribution in [0.5, 0.6) is 0 Å². The largest absolute Gasteiger partial charge is 0.288 e. The maximum Gasteiger partial charge on any atom is 0.141 e. The van der Waals surface area contributed by atoms with Crippen LogP contribution in [0, 0.1) is 6.92 Å². The average Bonchev–Trinajstić information content (AvgIpc) is 2.65. The summed E-state index contributed by atoms with van der Waals surface area (Å²) in [6.45, 7) is 4.03. The van der Waals surface area contributed by atoms with Crippen LogP contribution in [0.3, 0.4) is 0 Å². The Balaban J connectivity index is 2.47. The molecular formula is C10H12N4. The van der Waals surface area contributed by atoms with Gasteiger partial charge in [0.05, 0.1) is 0 Å². The molecule has 4 nitrogen and oxygen atoms in total. The Morgan fingerprint density at radius 3 is 2.79 bits per heavy atom. The van der Waals surface area contributed by atoms with Gasteiger partial charge < -0.3 is 0 Å². The zero-order chi connectivity index (χ0) is 9.97. The SMILES string of the molecule is CCc1cc(-n2ccnc2C)ncn1. The predicted octanol–water partition coefficient (Wildman–Crippen LogP) is 1.53. The number of rotatable bonds is 2. The lowest BCUT2D eigenvalue weighted by Crippen LogP contribution is -2.00. The summed E-state index contributed by atoms with van der Waals surface area (Å²) in [6.07, 6.45) is 6.18. The number of aromatic nitrogens is 4. The number of hydrogen-bond donors (Lipinski definition) is 0. The predicted molar refractivity (Wildman–Crippen MR) is 53.3 cm³/mol. The maximum absolute atomic E-state index is 4.20. The first-order chi connectivity index (χ1) is 6.81. The molecule has 4 heteroatoms. The number of hydrogen-bond acceptors (Lipinski definition) is 3. The second-order valence-electron chi connectivity index (χ2n) is 3.07. The van der Waals surface area contributed by atoms with Crippen LogP contribution in [-0.4, -0.2) is 19.5 Å². The molecule has 0 aliphatic carbocycles. The van der Waals surface area contributed by atoms with Crippen LogP contribution in [0.25, 0.3) is 5.82 Å². The number of aryl methyl sites for hydroxylation is 2. The third kappa shape index (κ3) is 1.51. The van der Waals surface area contributed by atoms with E-state index in [2.05, 4.69) is 21.9 Å². The Bertz CT molecular complexity index is 433. The molecule has 0 spiro atoms. The summed E-state index contributed by atoms with van der Waals surface area (Å²) >= 11 is 0. The van der Waals surface area contributed by atoms with E-state index in [4.69, 9.17) is 0 Å². The van der Waals surface area contributed by atoms with Gasteiger partial charge in [0.15, 0.2) is 0 Å². The van der Waals surface area contributed by atoms with Crippen LogP contribution in [0.1, 0.15) is 18.4 Å². The fourth-order valence-corrected chi connectivity index (χ4v) is 1.33. The van der Waals surface area contributed by atoms with Gasteiger partial charge in [-0.05, 0) is 13.3 Å². The van der Waals surface area contributed by atoms with Crippen molar-refractivity contribution in [3.8, 4) is 5.82 Å². The lowest BCUT2D eigenvalue weighted by Gasteiger charge is -2.04. The van der Waals surface area contributed by atoms with Crippen molar-refractivity contribution in [1.82, 2.24) is 19.5 Å². The highest BCUT2D eigenvalue weighted by Gasteiger charge is 2.02. The smallest absolute Gasteiger partial charge is 0.141 e. The van der Waals surface area contributed by atoms with Gasteiger partial charge in [-0.1, -0.05) is 6.92 Å². The summed E-state index contributed by atoms with van der Waals surface area (Å²) in [5.41, 5.74) is 1.04. The van der Waals surface area contributed by atoms with Crippen molar-refractivity contribution in [3.05, 3.63) is 36.3 Å². The second kappa shape index (κ2) is 3.57. The van der Waals surface area contributed by atoms with E-state index in [9.17, 15) is 0 Å². The van der Waals surface area contributed by atoms with Crippen molar-refractivity contribution >= 4 is 0 Å². The van der Waals surface area contributed by atoms with E-state index >= 15 is 0 Å². The molecule has 0 atom stereocenters. The van der Waals surface area contributed by atoms with Gasteiger partial charge in [0, 0.05) is 24.2 Å². The van der Waals surface area contributed by atoms with Crippen molar-refractivity contribution < 1.29 is 0 Å². The van der Waals surface area contributed by atoms with Gasteiger partial charge in [-0.2, -0.15) is 0 Å². The molecule has 0 saturated carbocycles. The quantitative estimate of drug-likeness (QED) is 0.717. The fraction of sp³-hybridized carbons (Fsp3) is 0.300. The normalized spacial score (nSPS) is 10.4. The Hall–Kier alpha value is -1.71. The van der Waals surface area contributed by atoms with Gasteiger partial charge in [-0.15, -0.1) is 0 Å². The van der Waals surface area contributed by atoms with Crippen LogP contribution in [0.15, 0.2) is 24.8 Å². The zero-order valence-corrected chi connectivity index (χ0v) is 8.31. The first kappa shape index (κ1) is 8.87. The number of imidazole rings is 1. The van der Waals surface area contributed by atoms with Crippen molar-refractivity contribution in [2.24, 2.45) is 0 Å². The fourth-order valence-electron chi connectivity index (χ4n) is 1.33. The summed E-state index contributed by atoms with van der Waals surface area (Å²) in [4.78, 5) is 12.5. The summed E-state index contributed by atoms with van der Waals surface area (Å²) in [5.74, 6) is 1.82. The van der Waals surface area contributed by atoms with Crippen LogP contribution in [0.4, 0.5) is 0 Å². The van der Waals surface area contributed by atoms with E-state index in [1.165, 1.54) is 0 Å². The van der Waals surface area contributed by atoms with Crippen molar-refractivity contribution in [1.29, 1.82) is 0 Å². The van der Waals surface area contributed by atoms with Gasteiger partial charge in [0.2, 0.25) is 0 Å². The Morgan fingerprint density at radius 1 is 1.29 bits per heavy atom. The Morgan fingerprint density at radius 2 is 2.14 bits per heavy atom. The molecule has 0 fully saturated rings. The molecule has 0 bridgehead atoms. The molecule has 0 N–H and O–H groups in total. The lowest BCUT2D eigenvalue weighted by atomic mass is 10.3. The summed E-state index contributed by atoms with van der Waals surface area (Å²) < 4.78 is 1.95. The molecule has 0 radical (unpaired) electrons. The highest BCUT2D eigenvalue weighted by atomic mass is 15.1. The average molecular weight is 188 g/mol. The Labute approximate surface area is 82.7 Å². The van der Waals surface area contributed by atoms with Crippen molar-refractivity contribution in [3.63, 3.8) is 0 Å². The minimum atomic E-state index is 0.881. The third-order valence-corrected chi connectivity index (χ3v) is 2.14. The van der Waals surface area contributed by atoms with E-state index in [0.717, 1.165) is 23.8 Å². The topological polar surface area (TPSA) is 43.6 Å². The summed E-state index contributed by atoms with van der Waals surface area (Å²) in [6, 6.07) is 1.98. The molecule has 72 valence electrons. The molecular weight excluding hydrogens is 176 g/mol. The molecule has 0 aliphatic rings. The molecule has 2 heterocycles. The monoisotopic (exact) mass is 188 g/mol. The molecule has 2 aromatic rings. The van der Waals surface area contributed by atoms with E-state index < -0.39 is 0 Å². The molecule has 0 amide bonds. The van der Waals surface area contributed by atoms with Crippen LogP contribution in [-0.2, 0) is 6.42 Å². The first-order valence-electron chi connectivity index (χ1n) is 4.62. The first-order valence-corrected chi connectivity index (χ1v) is 4.62. The third-order valence-electron chi connectivity index (χ3n) is 2.14. The van der Waals surface area contributed by atoms with Gasteiger partial charge in [0.25, 0.3) is 0 Å². The van der Waals surface area contributed by atoms with Crippen molar-refractivity contribution in [2.45, 2.75) is 20.3 Å². The molecule has 0 unspecified atom stereocenters. The van der Waals surface area contributed by atoms with Gasteiger partial charge in [0.1, 0.15) is 18.0 Å². The molecule has 0 aliphatic heterocycles. The molecule has 2 rings (SSSR count). The molecule has 2 aromatic heterocycles. The van der Waals surface area contributed by atoms with Crippen LogP contribution in [0.2, 0.25) is 0 Å². The highest BCUT2D eigenvalue weighted by Crippen LogP contribution is 2.07. The zero-order valence-electron chi connectivity index (χ0n) is 8.31. The standard InChI is InChI=1S/C10H12N4/c1-3-9-6-10(13-7-12-9)14-5-4-11-8(14)2/h4-7H,3H2,1-2H3. The van der Waals surface area contributed by atoms with E-state index in [-0.39, 0.29) is 0 Å². The van der Waals surface area contributed by atoms with E-state index in [1.54, 1.807) is 12.5 Å². The maximum atomic E-state index is 4.20. The second-order valence-corrected chi connectivity index (χ2v) is 3.07. The number of nitrogens with zero attached hydrogens (tertiary/aromatic N) is 4. The summed E-state index contributed by atoms with van der Waals surface area (Å²) in [5, 5.41) is 0. The Kier molecular flexibility index (Phi) is 2.26. The van der Waals surface area contributed by atoms with E-state index in [1.807, 2.05) is 23.8 Å². The lowest BCUT2D eigenvalue weighted by molar-refractivity contribution is 0.896. The van der Waals surface area contributed by atoms with Crippen LogP contribution < -0.4 is 0 Å². The van der Waals surface area contributed by atoms with E-state index in [0.29, 0.717) is 0 Å². The summed E-state index contributed by atoms with van der Waals surface area (Å²) in [7, 11) is 0. The molecule has 0 saturated heterocycles. The van der Waals surface area contributed by atoms with Crippen LogP contribution >= 0.6 is 0 Å². The molecule has 0 aromatic carbocycles. The minimum Gasteiger partial charge on any atom is -0.288 e. The minimum absolute atomic E-state index is 0.881. The van der Waals surface area contributed by atoms with Gasteiger partial charge >= 0.3 is 0 Å². The van der Waals surface area contributed by atoms with Gasteiger partial charge in [-0.3, -0.25) is 4.57 Å². The van der Waals surface area contributed by atoms with Crippen molar-refractivity contribution in [2.75, 3.05) is 0 Å².